The third-order valence-electron chi connectivity index (χ3n) is 2.88. The van der Waals surface area contributed by atoms with Gasteiger partial charge in [-0.05, 0) is 32.9 Å². The van der Waals surface area contributed by atoms with Crippen molar-refractivity contribution in [1.82, 2.24) is 5.32 Å². The van der Waals surface area contributed by atoms with Gasteiger partial charge in [0.1, 0.15) is 0 Å². The standard InChI is InChI=1S/C14H19N3O3/c1-9(18)10-5-4-6-11(7-10)17-13(20)16-8-14(2,3)12(15)19/h4-7H,8H2,1-3H3,(H2,15,19)(H2,16,17,20). The molecule has 0 aliphatic carbocycles. The van der Waals surface area contributed by atoms with E-state index in [9.17, 15) is 14.4 Å². The fourth-order valence-electron chi connectivity index (χ4n) is 1.38. The Kier molecular flexibility index (Phi) is 4.85. The predicted molar refractivity (Wildman–Crippen MR) is 76.4 cm³/mol. The number of nitrogens with two attached hydrogens (primary N) is 1. The Hall–Kier alpha value is -2.37. The van der Waals surface area contributed by atoms with Crippen LogP contribution in [0.1, 0.15) is 31.1 Å². The number of primary amides is 1. The summed E-state index contributed by atoms with van der Waals surface area (Å²) in [4.78, 5) is 34.1. The summed E-state index contributed by atoms with van der Waals surface area (Å²) < 4.78 is 0. The van der Waals surface area contributed by atoms with Crippen LogP contribution in [0.5, 0.6) is 0 Å². The summed E-state index contributed by atoms with van der Waals surface area (Å²) in [5, 5.41) is 5.16. The van der Waals surface area contributed by atoms with Gasteiger partial charge >= 0.3 is 6.03 Å². The molecule has 0 radical (unpaired) electrons. The molecule has 0 bridgehead atoms. The summed E-state index contributed by atoms with van der Waals surface area (Å²) in [5.74, 6) is -0.569. The minimum absolute atomic E-state index is 0.0797. The highest BCUT2D eigenvalue weighted by Crippen LogP contribution is 2.13. The molecule has 1 rings (SSSR count). The molecule has 20 heavy (non-hydrogen) atoms. The summed E-state index contributed by atoms with van der Waals surface area (Å²) >= 11 is 0. The molecule has 6 nitrogen and oxygen atoms in total. The molecular formula is C14H19N3O3. The van der Waals surface area contributed by atoms with Crippen LogP contribution in [0, 0.1) is 5.41 Å². The van der Waals surface area contributed by atoms with Crippen LogP contribution in [0.2, 0.25) is 0 Å². The second-order valence-electron chi connectivity index (χ2n) is 5.19. The van der Waals surface area contributed by atoms with Gasteiger partial charge in [-0.3, -0.25) is 9.59 Å². The third kappa shape index (κ3) is 4.38. The third-order valence-corrected chi connectivity index (χ3v) is 2.88. The average Bonchev–Trinajstić information content (AvgIpc) is 2.36. The first-order valence-electron chi connectivity index (χ1n) is 6.18. The molecule has 4 N–H and O–H groups in total. The Morgan fingerprint density at radius 3 is 2.45 bits per heavy atom. The average molecular weight is 277 g/mol. The number of rotatable bonds is 5. The Morgan fingerprint density at radius 2 is 1.90 bits per heavy atom. The van der Waals surface area contributed by atoms with Crippen molar-refractivity contribution in [3.63, 3.8) is 0 Å². The van der Waals surface area contributed by atoms with Crippen LogP contribution in [0.15, 0.2) is 24.3 Å². The topological polar surface area (TPSA) is 101 Å². The number of benzene rings is 1. The zero-order chi connectivity index (χ0) is 15.3. The van der Waals surface area contributed by atoms with Gasteiger partial charge in [-0.15, -0.1) is 0 Å². The second-order valence-corrected chi connectivity index (χ2v) is 5.19. The predicted octanol–water partition coefficient (Wildman–Crippen LogP) is 1.52. The van der Waals surface area contributed by atoms with Crippen LogP contribution in [-0.2, 0) is 4.79 Å². The van der Waals surface area contributed by atoms with Crippen molar-refractivity contribution in [2.75, 3.05) is 11.9 Å². The van der Waals surface area contributed by atoms with E-state index in [-0.39, 0.29) is 12.3 Å². The van der Waals surface area contributed by atoms with Crippen LogP contribution in [0.25, 0.3) is 0 Å². The van der Waals surface area contributed by atoms with Crippen molar-refractivity contribution < 1.29 is 14.4 Å². The van der Waals surface area contributed by atoms with E-state index in [1.54, 1.807) is 38.1 Å². The number of hydrogen-bond acceptors (Lipinski definition) is 3. The molecule has 108 valence electrons. The van der Waals surface area contributed by atoms with Gasteiger partial charge < -0.3 is 16.4 Å². The molecule has 0 aromatic heterocycles. The lowest BCUT2D eigenvalue weighted by Gasteiger charge is -2.20. The molecular weight excluding hydrogens is 258 g/mol. The first-order valence-corrected chi connectivity index (χ1v) is 6.18. The van der Waals surface area contributed by atoms with Crippen molar-refractivity contribution >= 4 is 23.4 Å². The molecule has 3 amide bonds. The summed E-state index contributed by atoms with van der Waals surface area (Å²) in [7, 11) is 0. The quantitative estimate of drug-likeness (QED) is 0.711. The Bertz CT molecular complexity index is 538. The zero-order valence-corrected chi connectivity index (χ0v) is 11.8. The van der Waals surface area contributed by atoms with E-state index < -0.39 is 17.4 Å². The van der Waals surface area contributed by atoms with E-state index in [4.69, 9.17) is 5.73 Å². The Morgan fingerprint density at radius 1 is 1.25 bits per heavy atom. The van der Waals surface area contributed by atoms with Crippen molar-refractivity contribution in [3.05, 3.63) is 29.8 Å². The van der Waals surface area contributed by atoms with Gasteiger partial charge in [0.05, 0.1) is 5.41 Å². The SMILES string of the molecule is CC(=O)c1cccc(NC(=O)NCC(C)(C)C(N)=O)c1. The number of anilines is 1. The maximum atomic E-state index is 11.7. The molecule has 1 aromatic rings. The molecule has 0 fully saturated rings. The largest absolute Gasteiger partial charge is 0.369 e. The molecule has 0 unspecified atom stereocenters. The van der Waals surface area contributed by atoms with Crippen molar-refractivity contribution in [3.8, 4) is 0 Å². The number of nitrogens with one attached hydrogen (secondary N) is 2. The number of ketones is 1. The molecule has 0 saturated heterocycles. The first kappa shape index (κ1) is 15.7. The molecule has 0 aliphatic heterocycles. The maximum absolute atomic E-state index is 11.7. The van der Waals surface area contributed by atoms with Gasteiger partial charge in [0, 0.05) is 17.8 Å². The lowest BCUT2D eigenvalue weighted by molar-refractivity contribution is -0.125. The van der Waals surface area contributed by atoms with Crippen molar-refractivity contribution in [1.29, 1.82) is 0 Å². The van der Waals surface area contributed by atoms with E-state index >= 15 is 0 Å². The van der Waals surface area contributed by atoms with Crippen LogP contribution in [-0.4, -0.2) is 24.3 Å². The van der Waals surface area contributed by atoms with Crippen LogP contribution in [0.3, 0.4) is 0 Å². The second kappa shape index (κ2) is 6.18. The van der Waals surface area contributed by atoms with Crippen LogP contribution >= 0.6 is 0 Å². The highest BCUT2D eigenvalue weighted by atomic mass is 16.2. The number of urea groups is 1. The molecule has 0 saturated carbocycles. The van der Waals surface area contributed by atoms with Gasteiger partial charge in [0.25, 0.3) is 0 Å². The normalized spacial score (nSPS) is 10.8. The number of hydrogen-bond donors (Lipinski definition) is 3. The van der Waals surface area contributed by atoms with Gasteiger partial charge in [-0.1, -0.05) is 12.1 Å². The van der Waals surface area contributed by atoms with Crippen LogP contribution in [0.4, 0.5) is 10.5 Å². The highest BCUT2D eigenvalue weighted by molar-refractivity contribution is 5.96. The fourth-order valence-corrected chi connectivity index (χ4v) is 1.38. The number of Topliss-reactive ketones (excluding diaryl/α,β-unsaturated/α-hetero) is 1. The fraction of sp³-hybridized carbons (Fsp3) is 0.357. The van der Waals surface area contributed by atoms with E-state index in [0.29, 0.717) is 11.3 Å². The number of amides is 3. The van der Waals surface area contributed by atoms with E-state index in [1.807, 2.05) is 0 Å². The first-order chi connectivity index (χ1) is 9.22. The molecule has 6 heteroatoms. The van der Waals surface area contributed by atoms with E-state index in [2.05, 4.69) is 10.6 Å². The van der Waals surface area contributed by atoms with Gasteiger partial charge in [-0.2, -0.15) is 0 Å². The summed E-state index contributed by atoms with van der Waals surface area (Å²) in [6.07, 6.45) is 0. The smallest absolute Gasteiger partial charge is 0.319 e. The van der Waals surface area contributed by atoms with Crippen molar-refractivity contribution in [2.24, 2.45) is 11.1 Å². The van der Waals surface area contributed by atoms with Crippen molar-refractivity contribution in [2.45, 2.75) is 20.8 Å². The highest BCUT2D eigenvalue weighted by Gasteiger charge is 2.25. The molecule has 1 aromatic carbocycles. The summed E-state index contributed by atoms with van der Waals surface area (Å²) in [6, 6.07) is 6.15. The van der Waals surface area contributed by atoms with E-state index in [1.165, 1.54) is 6.92 Å². The number of carbonyl (C=O) groups is 3. The lowest BCUT2D eigenvalue weighted by atomic mass is 9.93. The maximum Gasteiger partial charge on any atom is 0.319 e. The van der Waals surface area contributed by atoms with Gasteiger partial charge in [-0.25, -0.2) is 4.79 Å². The number of carbonyl (C=O) groups excluding carboxylic acids is 3. The molecule has 0 atom stereocenters. The zero-order valence-electron chi connectivity index (χ0n) is 11.8. The Labute approximate surface area is 117 Å². The molecule has 0 aliphatic rings. The Balaban J connectivity index is 2.61. The summed E-state index contributed by atoms with van der Waals surface area (Å²) in [5.41, 5.74) is 5.41. The summed E-state index contributed by atoms with van der Waals surface area (Å²) in [6.45, 7) is 4.87. The minimum Gasteiger partial charge on any atom is -0.369 e. The monoisotopic (exact) mass is 277 g/mol. The van der Waals surface area contributed by atoms with E-state index in [0.717, 1.165) is 0 Å². The minimum atomic E-state index is -0.821. The molecule has 0 heterocycles. The van der Waals surface area contributed by atoms with Gasteiger partial charge in [0.15, 0.2) is 5.78 Å². The van der Waals surface area contributed by atoms with Crippen LogP contribution < -0.4 is 16.4 Å². The molecule has 0 spiro atoms. The van der Waals surface area contributed by atoms with Gasteiger partial charge in [0.2, 0.25) is 5.91 Å². The lowest BCUT2D eigenvalue weighted by Crippen LogP contribution is -2.43.